The van der Waals surface area contributed by atoms with Crippen LogP contribution < -0.4 is 11.3 Å². The van der Waals surface area contributed by atoms with Crippen LogP contribution in [-0.2, 0) is 9.59 Å². The normalized spacial score (nSPS) is 16.2. The number of likely N-dealkylation sites (tertiary alicyclic amines) is 1. The van der Waals surface area contributed by atoms with Crippen LogP contribution in [0.5, 0.6) is 0 Å². The molecule has 2 amide bonds. The second-order valence-electron chi connectivity index (χ2n) is 4.56. The predicted octanol–water partition coefficient (Wildman–Crippen LogP) is 0.167. The minimum atomic E-state index is -0.143. The zero-order valence-electron chi connectivity index (χ0n) is 11.2. The highest BCUT2D eigenvalue weighted by Crippen LogP contribution is 2.22. The topological polar surface area (TPSA) is 101 Å². The fourth-order valence-corrected chi connectivity index (χ4v) is 3.61. The molecule has 0 radical (unpaired) electrons. The number of hydrazine groups is 1. The summed E-state index contributed by atoms with van der Waals surface area (Å²) in [6.07, 6.45) is 1.33. The van der Waals surface area contributed by atoms with Crippen LogP contribution in [0.15, 0.2) is 4.34 Å². The van der Waals surface area contributed by atoms with Gasteiger partial charge in [-0.2, -0.15) is 4.37 Å². The van der Waals surface area contributed by atoms with E-state index in [0.29, 0.717) is 31.7 Å². The molecule has 9 heteroatoms. The van der Waals surface area contributed by atoms with E-state index < -0.39 is 0 Å². The summed E-state index contributed by atoms with van der Waals surface area (Å²) in [5.74, 6) is 6.07. The van der Waals surface area contributed by atoms with Gasteiger partial charge in [-0.3, -0.25) is 15.0 Å². The van der Waals surface area contributed by atoms with E-state index in [4.69, 9.17) is 5.84 Å². The van der Waals surface area contributed by atoms with Gasteiger partial charge in [-0.25, -0.2) is 10.8 Å². The summed E-state index contributed by atoms with van der Waals surface area (Å²) >= 11 is 2.72. The molecule has 0 aromatic carbocycles. The highest BCUT2D eigenvalue weighted by atomic mass is 32.2. The minimum Gasteiger partial charge on any atom is -0.342 e. The maximum Gasteiger partial charge on any atom is 0.237 e. The number of rotatable bonds is 4. The van der Waals surface area contributed by atoms with Crippen LogP contribution in [0.2, 0.25) is 0 Å². The van der Waals surface area contributed by atoms with E-state index in [2.05, 4.69) is 14.8 Å². The average Bonchev–Trinajstić information content (AvgIpc) is 2.89. The highest BCUT2D eigenvalue weighted by Gasteiger charge is 2.26. The number of hydrogen-bond acceptors (Lipinski definition) is 7. The zero-order chi connectivity index (χ0) is 14.5. The third kappa shape index (κ3) is 3.90. The van der Waals surface area contributed by atoms with Gasteiger partial charge in [0, 0.05) is 19.0 Å². The van der Waals surface area contributed by atoms with E-state index in [1.54, 1.807) is 4.90 Å². The van der Waals surface area contributed by atoms with E-state index in [0.717, 1.165) is 10.2 Å². The smallest absolute Gasteiger partial charge is 0.237 e. The Morgan fingerprint density at radius 3 is 2.75 bits per heavy atom. The molecule has 1 saturated heterocycles. The third-order valence-corrected chi connectivity index (χ3v) is 5.10. The fraction of sp³-hybridized carbons (Fsp3) is 0.636. The lowest BCUT2D eigenvalue weighted by Crippen LogP contribution is -2.45. The molecule has 2 rings (SSSR count). The molecule has 0 spiro atoms. The van der Waals surface area contributed by atoms with Gasteiger partial charge < -0.3 is 4.90 Å². The number of hydrogen-bond donors (Lipinski definition) is 2. The van der Waals surface area contributed by atoms with E-state index in [1.807, 2.05) is 6.92 Å². The Hall–Kier alpha value is -1.19. The molecule has 0 atom stereocenters. The first-order valence-electron chi connectivity index (χ1n) is 6.31. The van der Waals surface area contributed by atoms with Crippen molar-refractivity contribution in [3.05, 3.63) is 5.82 Å². The van der Waals surface area contributed by atoms with Gasteiger partial charge in [0.25, 0.3) is 0 Å². The van der Waals surface area contributed by atoms with Crippen LogP contribution in [-0.4, -0.2) is 44.9 Å². The number of aryl methyl sites for hydroxylation is 1. The third-order valence-electron chi connectivity index (χ3n) is 3.19. The predicted molar refractivity (Wildman–Crippen MR) is 77.0 cm³/mol. The monoisotopic (exact) mass is 315 g/mol. The molecule has 0 aliphatic carbocycles. The van der Waals surface area contributed by atoms with Crippen LogP contribution in [0.4, 0.5) is 0 Å². The van der Waals surface area contributed by atoms with Crippen molar-refractivity contribution in [2.24, 2.45) is 11.8 Å². The standard InChI is InChI=1S/C11H17N5O2S2/c1-7-13-11(20-15-7)19-6-9(17)16-4-2-8(3-5-16)10(18)14-12/h8H,2-6,12H2,1H3,(H,14,18). The van der Waals surface area contributed by atoms with Gasteiger partial charge >= 0.3 is 0 Å². The Bertz CT molecular complexity index is 485. The Labute approximate surface area is 125 Å². The molecule has 1 fully saturated rings. The van der Waals surface area contributed by atoms with E-state index >= 15 is 0 Å². The molecule has 0 saturated carbocycles. The molecular formula is C11H17N5O2S2. The molecule has 0 bridgehead atoms. The van der Waals surface area contributed by atoms with Gasteiger partial charge in [-0.15, -0.1) is 0 Å². The number of piperidine rings is 1. The van der Waals surface area contributed by atoms with Crippen molar-refractivity contribution in [2.45, 2.75) is 24.1 Å². The summed E-state index contributed by atoms with van der Waals surface area (Å²) in [5, 5.41) is 0. The van der Waals surface area contributed by atoms with Gasteiger partial charge in [0.1, 0.15) is 5.82 Å². The van der Waals surface area contributed by atoms with Crippen molar-refractivity contribution in [2.75, 3.05) is 18.8 Å². The lowest BCUT2D eigenvalue weighted by Gasteiger charge is -2.30. The molecule has 1 aliphatic heterocycles. The Morgan fingerprint density at radius 1 is 1.50 bits per heavy atom. The number of amides is 2. The summed E-state index contributed by atoms with van der Waals surface area (Å²) in [6.45, 7) is 3.04. The second kappa shape index (κ2) is 7.00. The number of nitrogens with two attached hydrogens (primary N) is 1. The summed E-state index contributed by atoms with van der Waals surface area (Å²) in [7, 11) is 0. The first-order valence-corrected chi connectivity index (χ1v) is 8.07. The summed E-state index contributed by atoms with van der Waals surface area (Å²) in [5.41, 5.74) is 2.17. The van der Waals surface area contributed by atoms with Crippen molar-refractivity contribution in [1.29, 1.82) is 0 Å². The molecule has 1 aliphatic rings. The molecule has 3 N–H and O–H groups in total. The summed E-state index contributed by atoms with van der Waals surface area (Å²) < 4.78 is 4.89. The maximum atomic E-state index is 12.1. The highest BCUT2D eigenvalue weighted by molar-refractivity contribution is 8.01. The average molecular weight is 315 g/mol. The van der Waals surface area contributed by atoms with Gasteiger partial charge in [-0.1, -0.05) is 11.8 Å². The molecule has 1 aromatic rings. The Balaban J connectivity index is 1.76. The fourth-order valence-electron chi connectivity index (χ4n) is 2.06. The van der Waals surface area contributed by atoms with E-state index in [1.165, 1.54) is 23.3 Å². The molecule has 20 heavy (non-hydrogen) atoms. The molecule has 7 nitrogen and oxygen atoms in total. The van der Waals surface area contributed by atoms with Gasteiger partial charge in [0.05, 0.1) is 5.75 Å². The van der Waals surface area contributed by atoms with Crippen LogP contribution in [0.3, 0.4) is 0 Å². The van der Waals surface area contributed by atoms with E-state index in [9.17, 15) is 9.59 Å². The SMILES string of the molecule is Cc1nsc(SCC(=O)N2CCC(C(=O)NN)CC2)n1. The summed E-state index contributed by atoms with van der Waals surface area (Å²) in [4.78, 5) is 29.5. The number of nitrogens with one attached hydrogen (secondary N) is 1. The van der Waals surface area contributed by atoms with Gasteiger partial charge in [0.15, 0.2) is 4.34 Å². The van der Waals surface area contributed by atoms with Gasteiger partial charge in [0.2, 0.25) is 11.8 Å². The molecular weight excluding hydrogens is 298 g/mol. The first-order chi connectivity index (χ1) is 9.60. The quantitative estimate of drug-likeness (QED) is 0.355. The Kier molecular flexibility index (Phi) is 5.32. The molecule has 110 valence electrons. The van der Waals surface area contributed by atoms with Crippen molar-refractivity contribution < 1.29 is 9.59 Å². The van der Waals surface area contributed by atoms with Crippen LogP contribution in [0, 0.1) is 12.8 Å². The van der Waals surface area contributed by atoms with Crippen molar-refractivity contribution >= 4 is 35.1 Å². The number of thioether (sulfide) groups is 1. The lowest BCUT2D eigenvalue weighted by molar-refractivity contribution is -0.133. The van der Waals surface area contributed by atoms with Gasteiger partial charge in [-0.05, 0) is 31.3 Å². The number of carbonyl (C=O) groups is 2. The van der Waals surface area contributed by atoms with Crippen molar-refractivity contribution in [1.82, 2.24) is 19.7 Å². The number of aromatic nitrogens is 2. The second-order valence-corrected chi connectivity index (χ2v) is 6.53. The Morgan fingerprint density at radius 2 is 2.20 bits per heavy atom. The number of nitrogens with zero attached hydrogens (tertiary/aromatic N) is 3. The van der Waals surface area contributed by atoms with E-state index in [-0.39, 0.29) is 17.7 Å². The van der Waals surface area contributed by atoms with Crippen molar-refractivity contribution in [3.63, 3.8) is 0 Å². The van der Waals surface area contributed by atoms with Crippen LogP contribution in [0.25, 0.3) is 0 Å². The minimum absolute atomic E-state index is 0.0782. The first kappa shape index (κ1) is 15.2. The van der Waals surface area contributed by atoms with Crippen molar-refractivity contribution in [3.8, 4) is 0 Å². The largest absolute Gasteiger partial charge is 0.342 e. The molecule has 0 unspecified atom stereocenters. The molecule has 1 aromatic heterocycles. The molecule has 2 heterocycles. The van der Waals surface area contributed by atoms with Crippen LogP contribution in [0.1, 0.15) is 18.7 Å². The lowest BCUT2D eigenvalue weighted by atomic mass is 9.96. The maximum absolute atomic E-state index is 12.1. The zero-order valence-corrected chi connectivity index (χ0v) is 12.8. The summed E-state index contributed by atoms with van der Waals surface area (Å²) in [6, 6.07) is 0. The van der Waals surface area contributed by atoms with Crippen LogP contribution >= 0.6 is 23.3 Å². The number of carbonyl (C=O) groups excluding carboxylic acids is 2.